The Hall–Kier alpha value is -1.75. The number of hydrogen-bond donors (Lipinski definition) is 1. The van der Waals surface area contributed by atoms with Gasteiger partial charge >= 0.3 is 0 Å². The summed E-state index contributed by atoms with van der Waals surface area (Å²) in [5.74, 6) is 0.677. The summed E-state index contributed by atoms with van der Waals surface area (Å²) in [6.45, 7) is 4.68. The van der Waals surface area contributed by atoms with Gasteiger partial charge in [-0.05, 0) is 36.5 Å². The second-order valence-corrected chi connectivity index (χ2v) is 7.59. The zero-order chi connectivity index (χ0) is 18.1. The lowest BCUT2D eigenvalue weighted by Gasteiger charge is -2.39. The number of carbonyl (C=O) groups is 1. The van der Waals surface area contributed by atoms with E-state index in [1.807, 2.05) is 48.2 Å². The van der Waals surface area contributed by atoms with Crippen molar-refractivity contribution in [3.8, 4) is 0 Å². The highest BCUT2D eigenvalue weighted by molar-refractivity contribution is 5.99. The molecule has 1 saturated carbocycles. The van der Waals surface area contributed by atoms with E-state index in [0.717, 1.165) is 36.8 Å². The van der Waals surface area contributed by atoms with Crippen LogP contribution >= 0.6 is 24.8 Å². The highest BCUT2D eigenvalue weighted by Gasteiger charge is 2.34. The second-order valence-electron chi connectivity index (χ2n) is 7.59. The molecule has 0 spiro atoms. The van der Waals surface area contributed by atoms with Crippen molar-refractivity contribution < 1.29 is 4.79 Å². The van der Waals surface area contributed by atoms with Crippen molar-refractivity contribution in [2.45, 2.75) is 25.8 Å². The molecule has 2 N–H and O–H groups in total. The molecule has 0 radical (unpaired) electrons. The van der Waals surface area contributed by atoms with Gasteiger partial charge in [0.25, 0.3) is 0 Å². The maximum atomic E-state index is 13.2. The van der Waals surface area contributed by atoms with Crippen molar-refractivity contribution in [2.75, 3.05) is 29.4 Å². The molecule has 2 unspecified atom stereocenters. The number of halogens is 2. The van der Waals surface area contributed by atoms with E-state index in [1.54, 1.807) is 0 Å². The Morgan fingerprint density at radius 1 is 1.00 bits per heavy atom. The normalized spacial score (nSPS) is 17.6. The van der Waals surface area contributed by atoms with Crippen LogP contribution in [0.1, 0.15) is 31.4 Å². The first-order chi connectivity index (χ1) is 12.6. The zero-order valence-corrected chi connectivity index (χ0v) is 17.8. The molecular weight excluding hydrogens is 393 g/mol. The van der Waals surface area contributed by atoms with Crippen LogP contribution < -0.4 is 15.5 Å². The molecule has 0 bridgehead atoms. The van der Waals surface area contributed by atoms with E-state index in [4.69, 9.17) is 5.73 Å². The molecule has 4 nitrogen and oxygen atoms in total. The summed E-state index contributed by atoms with van der Waals surface area (Å²) >= 11 is 0. The van der Waals surface area contributed by atoms with Gasteiger partial charge in [-0.3, -0.25) is 4.79 Å². The van der Waals surface area contributed by atoms with Crippen molar-refractivity contribution in [3.63, 3.8) is 0 Å². The Morgan fingerprint density at radius 2 is 1.61 bits per heavy atom. The molecule has 1 aliphatic heterocycles. The third kappa shape index (κ3) is 4.62. The molecule has 6 heteroatoms. The summed E-state index contributed by atoms with van der Waals surface area (Å²) in [5.41, 5.74) is 9.62. The average molecular weight is 422 g/mol. The van der Waals surface area contributed by atoms with Gasteiger partial charge in [0.15, 0.2) is 0 Å². The van der Waals surface area contributed by atoms with Crippen molar-refractivity contribution in [2.24, 2.45) is 17.6 Å². The smallest absolute Gasteiger partial charge is 0.231 e. The van der Waals surface area contributed by atoms with E-state index in [0.29, 0.717) is 0 Å². The average Bonchev–Trinajstić information content (AvgIpc) is 3.51. The van der Waals surface area contributed by atoms with Crippen LogP contribution in [-0.4, -0.2) is 25.5 Å². The molecule has 2 aromatic carbocycles. The molecular formula is C22H29Cl2N3O. The van der Waals surface area contributed by atoms with E-state index in [1.165, 1.54) is 18.5 Å². The second kappa shape index (κ2) is 9.64. The first-order valence-electron chi connectivity index (χ1n) is 9.61. The first-order valence-corrected chi connectivity index (χ1v) is 9.61. The van der Waals surface area contributed by atoms with Gasteiger partial charge in [0, 0.05) is 25.7 Å². The van der Waals surface area contributed by atoms with Crippen LogP contribution in [0.4, 0.5) is 11.4 Å². The molecule has 4 rings (SSSR count). The maximum Gasteiger partial charge on any atom is 0.231 e. The van der Waals surface area contributed by atoms with Gasteiger partial charge in [0.2, 0.25) is 5.91 Å². The van der Waals surface area contributed by atoms with Gasteiger partial charge in [-0.1, -0.05) is 49.4 Å². The summed E-state index contributed by atoms with van der Waals surface area (Å²) in [7, 11) is 0. The number of rotatable bonds is 5. The third-order valence-electron chi connectivity index (χ3n) is 5.66. The predicted molar refractivity (Wildman–Crippen MR) is 121 cm³/mol. The highest BCUT2D eigenvalue weighted by atomic mass is 35.5. The van der Waals surface area contributed by atoms with Crippen LogP contribution in [0.5, 0.6) is 0 Å². The van der Waals surface area contributed by atoms with Crippen LogP contribution in [0, 0.1) is 11.8 Å². The standard InChI is InChI=1S/C22H27N3O.2ClH/c1-16(21(23)18-7-3-2-4-8-18)22(26)25-14-13-24(15-17-11-12-17)19-9-5-6-10-20(19)25;;/h2-10,16-17,21H,11-15,23H2,1H3;2*1H. The molecule has 2 atom stereocenters. The number of para-hydroxylation sites is 2. The quantitative estimate of drug-likeness (QED) is 0.776. The SMILES string of the molecule is CC(C(=O)N1CCN(CC2CC2)c2ccccc21)C(N)c1ccccc1.Cl.Cl. The summed E-state index contributed by atoms with van der Waals surface area (Å²) < 4.78 is 0. The maximum absolute atomic E-state index is 13.2. The Bertz CT molecular complexity index is 782. The predicted octanol–water partition coefficient (Wildman–Crippen LogP) is 4.43. The summed E-state index contributed by atoms with van der Waals surface area (Å²) in [5, 5.41) is 0. The fraction of sp³-hybridized carbons (Fsp3) is 0.409. The minimum absolute atomic E-state index is 0. The summed E-state index contributed by atoms with van der Waals surface area (Å²) in [6, 6.07) is 17.9. The molecule has 0 saturated heterocycles. The van der Waals surface area contributed by atoms with Crippen LogP contribution in [0.15, 0.2) is 54.6 Å². The molecule has 0 aromatic heterocycles. The van der Waals surface area contributed by atoms with Crippen LogP contribution in [0.3, 0.4) is 0 Å². The van der Waals surface area contributed by atoms with Gasteiger partial charge in [-0.25, -0.2) is 0 Å². The zero-order valence-electron chi connectivity index (χ0n) is 16.2. The lowest BCUT2D eigenvalue weighted by Crippen LogP contribution is -2.47. The fourth-order valence-corrected chi connectivity index (χ4v) is 3.82. The minimum Gasteiger partial charge on any atom is -0.368 e. The number of fused-ring (bicyclic) bond motifs is 1. The Labute approximate surface area is 179 Å². The number of nitrogens with two attached hydrogens (primary N) is 1. The number of anilines is 2. The van der Waals surface area contributed by atoms with Gasteiger partial charge in [-0.15, -0.1) is 24.8 Å². The van der Waals surface area contributed by atoms with E-state index in [-0.39, 0.29) is 42.7 Å². The summed E-state index contributed by atoms with van der Waals surface area (Å²) in [4.78, 5) is 17.6. The lowest BCUT2D eigenvalue weighted by molar-refractivity contribution is -0.122. The molecule has 1 fully saturated rings. The largest absolute Gasteiger partial charge is 0.368 e. The third-order valence-corrected chi connectivity index (χ3v) is 5.66. The Morgan fingerprint density at radius 3 is 2.25 bits per heavy atom. The molecule has 152 valence electrons. The molecule has 28 heavy (non-hydrogen) atoms. The van der Waals surface area contributed by atoms with E-state index in [9.17, 15) is 4.79 Å². The monoisotopic (exact) mass is 421 g/mol. The molecule has 1 heterocycles. The van der Waals surface area contributed by atoms with Crippen LogP contribution in [0.2, 0.25) is 0 Å². The van der Waals surface area contributed by atoms with Crippen molar-refractivity contribution in [1.29, 1.82) is 0 Å². The van der Waals surface area contributed by atoms with Gasteiger partial charge in [-0.2, -0.15) is 0 Å². The fourth-order valence-electron chi connectivity index (χ4n) is 3.82. The molecule has 2 aliphatic rings. The number of amides is 1. The number of hydrogen-bond acceptors (Lipinski definition) is 3. The lowest BCUT2D eigenvalue weighted by atomic mass is 9.93. The van der Waals surface area contributed by atoms with Gasteiger partial charge in [0.1, 0.15) is 0 Å². The Kier molecular flexibility index (Phi) is 7.76. The first kappa shape index (κ1) is 22.5. The van der Waals surface area contributed by atoms with Crippen molar-refractivity contribution >= 4 is 42.1 Å². The Balaban J connectivity index is 0.00000140. The number of benzene rings is 2. The number of nitrogens with zero attached hydrogens (tertiary/aromatic N) is 2. The van der Waals surface area contributed by atoms with Crippen molar-refractivity contribution in [3.05, 3.63) is 60.2 Å². The topological polar surface area (TPSA) is 49.6 Å². The highest BCUT2D eigenvalue weighted by Crippen LogP contribution is 2.38. The van der Waals surface area contributed by atoms with Gasteiger partial charge in [0.05, 0.1) is 17.3 Å². The number of carbonyl (C=O) groups excluding carboxylic acids is 1. The van der Waals surface area contributed by atoms with Crippen LogP contribution in [0.25, 0.3) is 0 Å². The minimum atomic E-state index is -0.291. The van der Waals surface area contributed by atoms with Gasteiger partial charge < -0.3 is 15.5 Å². The van der Waals surface area contributed by atoms with E-state index < -0.39 is 0 Å². The van der Waals surface area contributed by atoms with Crippen LogP contribution in [-0.2, 0) is 4.79 Å². The van der Waals surface area contributed by atoms with E-state index in [2.05, 4.69) is 23.1 Å². The summed E-state index contributed by atoms with van der Waals surface area (Å²) in [6.07, 6.45) is 2.68. The van der Waals surface area contributed by atoms with Crippen molar-refractivity contribution in [1.82, 2.24) is 0 Å². The van der Waals surface area contributed by atoms with E-state index >= 15 is 0 Å². The molecule has 1 aliphatic carbocycles. The molecule has 1 amide bonds. The molecule has 2 aromatic rings.